The summed E-state index contributed by atoms with van der Waals surface area (Å²) >= 11 is 0. The maximum absolute atomic E-state index is 13.0. The number of carbonyl (C=O) groups excluding carboxylic acids is 3. The van der Waals surface area contributed by atoms with Crippen LogP contribution in [0.15, 0.2) is 0 Å². The van der Waals surface area contributed by atoms with E-state index in [1.165, 1.54) is 0 Å². The molecule has 0 aliphatic carbocycles. The Morgan fingerprint density at radius 3 is 0.899 bits per heavy atom. The number of amides is 3. The van der Waals surface area contributed by atoms with Crippen LogP contribution in [0.4, 0.5) is 0 Å². The van der Waals surface area contributed by atoms with Gasteiger partial charge in [0.2, 0.25) is 17.7 Å². The summed E-state index contributed by atoms with van der Waals surface area (Å²) in [5, 5.41) is 294. The molecule has 9 saturated heterocycles. The van der Waals surface area contributed by atoms with Gasteiger partial charge in [0, 0.05) is 20.8 Å². The Balaban J connectivity index is 1.12. The Kier molecular flexibility index (Phi) is 32.1. The molecule has 0 bridgehead atoms. The van der Waals surface area contributed by atoms with Crippen molar-refractivity contribution in [1.82, 2.24) is 16.0 Å². The maximum atomic E-state index is 13.0. The molecule has 3 amide bonds. The minimum Gasteiger partial charge on any atom is -0.394 e. The third-order valence-electron chi connectivity index (χ3n) is 20.0. The highest BCUT2D eigenvalue weighted by atomic mass is 16.8. The van der Waals surface area contributed by atoms with Crippen molar-refractivity contribution >= 4 is 17.7 Å². The summed E-state index contributed by atoms with van der Waals surface area (Å²) in [4.78, 5) is 38.9. The van der Waals surface area contributed by atoms with Crippen molar-refractivity contribution in [3.8, 4) is 0 Å². The molecule has 45 atom stereocenters. The van der Waals surface area contributed by atoms with Crippen molar-refractivity contribution in [2.75, 3.05) is 59.5 Å². The van der Waals surface area contributed by atoms with Crippen LogP contribution in [0, 0.1) is 0 Å². The first kappa shape index (κ1) is 89.6. The van der Waals surface area contributed by atoms with E-state index in [1.807, 2.05) is 0 Å². The largest absolute Gasteiger partial charge is 0.394 e. The zero-order valence-electron chi connectivity index (χ0n) is 58.1. The van der Waals surface area contributed by atoms with E-state index in [1.54, 1.807) is 0 Å². The average Bonchev–Trinajstić information content (AvgIpc) is 0.766. The molecule has 9 fully saturated rings. The number of hydrogen-bond donors (Lipinski definition) is 29. The van der Waals surface area contributed by atoms with Crippen LogP contribution in [0.25, 0.3) is 0 Å². The molecule has 0 saturated carbocycles. The van der Waals surface area contributed by atoms with Gasteiger partial charge in [-0.25, -0.2) is 0 Å². The van der Waals surface area contributed by atoms with Gasteiger partial charge in [0.15, 0.2) is 56.6 Å². The molecule has 9 rings (SSSR count). The first-order valence-corrected chi connectivity index (χ1v) is 34.6. The zero-order valence-corrected chi connectivity index (χ0v) is 58.1. The monoisotopic (exact) mass is 1600 g/mol. The summed E-state index contributed by atoms with van der Waals surface area (Å²) in [6.45, 7) is -7.37. The molecule has 109 heavy (non-hydrogen) atoms. The van der Waals surface area contributed by atoms with Crippen molar-refractivity contribution in [1.29, 1.82) is 0 Å². The van der Waals surface area contributed by atoms with E-state index in [-0.39, 0.29) is 0 Å². The van der Waals surface area contributed by atoms with Gasteiger partial charge in [0.25, 0.3) is 0 Å². The lowest BCUT2D eigenvalue weighted by Gasteiger charge is -2.52. The number of ether oxygens (including phenoxy) is 17. The van der Waals surface area contributed by atoms with Gasteiger partial charge >= 0.3 is 0 Å². The quantitative estimate of drug-likeness (QED) is 0.0346. The Morgan fingerprint density at radius 2 is 0.505 bits per heavy atom. The number of nitrogens with one attached hydrogen (secondary N) is 3. The van der Waals surface area contributed by atoms with Crippen molar-refractivity contribution < 1.29 is 228 Å². The molecule has 0 aromatic carbocycles. The molecular weight excluding hydrogens is 1500 g/mol. The highest BCUT2D eigenvalue weighted by Crippen LogP contribution is 2.41. The van der Waals surface area contributed by atoms with E-state index < -0.39 is 353 Å². The molecular formula is C60H101N3O46. The zero-order chi connectivity index (χ0) is 80.2. The smallest absolute Gasteiger partial charge is 0.217 e. The molecule has 49 nitrogen and oxygen atoms in total. The Labute approximate surface area is 616 Å². The van der Waals surface area contributed by atoms with Gasteiger partial charge in [-0.2, -0.15) is 0 Å². The van der Waals surface area contributed by atoms with Crippen LogP contribution in [-0.2, 0) is 94.9 Å². The van der Waals surface area contributed by atoms with Gasteiger partial charge in [-0.15, -0.1) is 0 Å². The van der Waals surface area contributed by atoms with Gasteiger partial charge < -0.3 is 229 Å². The van der Waals surface area contributed by atoms with Gasteiger partial charge in [-0.1, -0.05) is 0 Å². The normalized spacial score (nSPS) is 50.0. The summed E-state index contributed by atoms with van der Waals surface area (Å²) in [6.07, 6.45) is -89.7. The van der Waals surface area contributed by atoms with Gasteiger partial charge in [0.05, 0.1) is 59.5 Å². The summed E-state index contributed by atoms with van der Waals surface area (Å²) in [6, 6.07) is -5.89. The highest BCUT2D eigenvalue weighted by Gasteiger charge is 2.61. The van der Waals surface area contributed by atoms with Gasteiger partial charge in [0.1, 0.15) is 220 Å². The molecule has 0 radical (unpaired) electrons. The minimum atomic E-state index is -2.64. The third kappa shape index (κ3) is 19.5. The molecule has 9 aliphatic rings. The molecule has 0 spiro atoms. The van der Waals surface area contributed by atoms with E-state index in [0.717, 1.165) is 20.8 Å². The lowest BCUT2D eigenvalue weighted by molar-refractivity contribution is -0.409. The minimum absolute atomic E-state index is 0.919. The van der Waals surface area contributed by atoms with Crippen LogP contribution < -0.4 is 16.0 Å². The maximum Gasteiger partial charge on any atom is 0.217 e. The predicted octanol–water partition coefficient (Wildman–Crippen LogP) is -20.2. The van der Waals surface area contributed by atoms with E-state index in [2.05, 4.69) is 16.0 Å². The van der Waals surface area contributed by atoms with Crippen LogP contribution in [0.5, 0.6) is 0 Å². The van der Waals surface area contributed by atoms with Crippen molar-refractivity contribution in [3.63, 3.8) is 0 Å². The first-order valence-electron chi connectivity index (χ1n) is 34.6. The van der Waals surface area contributed by atoms with E-state index >= 15 is 0 Å². The van der Waals surface area contributed by atoms with Crippen LogP contribution in [0.2, 0.25) is 0 Å². The van der Waals surface area contributed by atoms with E-state index in [9.17, 15) is 147 Å². The fraction of sp³-hybridized carbons (Fsp3) is 0.950. The molecule has 9 heterocycles. The van der Waals surface area contributed by atoms with Crippen LogP contribution >= 0.6 is 0 Å². The summed E-state index contributed by atoms with van der Waals surface area (Å²) < 4.78 is 102. The number of carbonyl (C=O) groups is 3. The van der Waals surface area contributed by atoms with Crippen LogP contribution in [-0.4, -0.2) is 486 Å². The molecule has 0 aromatic heterocycles. The van der Waals surface area contributed by atoms with Crippen molar-refractivity contribution in [2.24, 2.45) is 0 Å². The standard InChI is InChI=1S/C60H101N3O46/c1-13(72)61-25-33(80)28(75)16(4-64)95-53(25)106-48-24(12-93-59-50(38(85)31(78)19(7-67)98-59)108-54-26(62-14(2)73)34(81)45(22(10-70)100-54)103-56-42(89)36(83)29(76)17(5-65)96-56)102-58(105-47-21(9-69)94-52(92)41(88)40(47)87)44(91)49(48)107-60-51(39(86)32(79)20(8-68)99-60)109-55-27(63-15(3)74)35(82)46(23(11-71)101-55)104-57-43(90)37(84)30(77)18(6-66)97-57/h16-60,64-71,75-92H,4-12H2,1-3H3,(H,61,72)(H,62,73)(H,63,74)/t16-,17-,18-,19-,20-,21-,22-,23-,24-,25-,26-,27-,28-,29+,30+,31-,32-,33-,34-,35-,36+,37+,38+,39+,40-,41-,42-,43-,44+,45-,46-,47-,48-,49-,50+,51+,52?,53+,54+,55+,56+,57+,58+,59+,60-/m1/s1. The van der Waals surface area contributed by atoms with Crippen molar-refractivity contribution in [3.05, 3.63) is 0 Å². The van der Waals surface area contributed by atoms with E-state index in [4.69, 9.17) is 80.5 Å². The predicted molar refractivity (Wildman–Crippen MR) is 332 cm³/mol. The number of aliphatic hydroxyl groups excluding tert-OH is 26. The molecule has 9 aliphatic heterocycles. The second kappa shape index (κ2) is 39.1. The number of aliphatic hydroxyl groups is 26. The second-order valence-corrected chi connectivity index (χ2v) is 27.4. The van der Waals surface area contributed by atoms with Gasteiger partial charge in [-0.05, 0) is 0 Å². The number of hydrogen-bond acceptors (Lipinski definition) is 46. The molecule has 49 heteroatoms. The highest BCUT2D eigenvalue weighted by molar-refractivity contribution is 5.74. The average molecular weight is 1600 g/mol. The fourth-order valence-electron chi connectivity index (χ4n) is 14.0. The SMILES string of the molecule is CC(=O)N[C@H]1[C@H](O[C@@H]2[C@@H](OC[C@H]3O[C@@H](O[C@H]4[C@H](O)[C@@H](O)C(O)O[C@@H]4CO)[C@@H](O)[C@@H](O[C@H]4O[C@H](CO)[C@@H](O)[C@H](O)[C@@H]4O[C@@H]4O[C@H](CO)[C@@H](O[C@@H]5O[C@H](CO)[C@H](O)[C@H](O)[C@H]5O)[C@H](O)[C@H]4NC(C)=O)[C@@H]3O[C@@H]3O[C@H](CO)[C@@H](O)[C@H](O)[C@H]3NC(C)=O)O[C@H](CO)[C@@H](O)[C@@H]2O)O[C@H](CO)[C@@H](O[C@@H]2O[C@H](CO)[C@H](O)[C@H](O)[C@H]2O)[C@@H]1O. The van der Waals surface area contributed by atoms with Crippen molar-refractivity contribution in [2.45, 2.75) is 297 Å². The fourth-order valence-corrected chi connectivity index (χ4v) is 14.0. The van der Waals surface area contributed by atoms with Gasteiger partial charge in [-0.3, -0.25) is 14.4 Å². The topological polar surface area (TPSA) is 770 Å². The van der Waals surface area contributed by atoms with Crippen LogP contribution in [0.1, 0.15) is 20.8 Å². The second-order valence-electron chi connectivity index (χ2n) is 27.4. The lowest BCUT2D eigenvalue weighted by Crippen LogP contribution is -2.71. The Hall–Kier alpha value is -3.31. The molecule has 1 unspecified atom stereocenters. The third-order valence-corrected chi connectivity index (χ3v) is 20.0. The van der Waals surface area contributed by atoms with E-state index in [0.29, 0.717) is 0 Å². The summed E-state index contributed by atoms with van der Waals surface area (Å²) in [5.74, 6) is -2.89. The molecule has 0 aromatic rings. The summed E-state index contributed by atoms with van der Waals surface area (Å²) in [7, 11) is 0. The van der Waals surface area contributed by atoms with Crippen LogP contribution in [0.3, 0.4) is 0 Å². The molecule has 29 N–H and O–H groups in total. The molecule has 632 valence electrons. The number of rotatable bonds is 28. The Bertz CT molecular complexity index is 2840. The Morgan fingerprint density at radius 1 is 0.239 bits per heavy atom. The summed E-state index contributed by atoms with van der Waals surface area (Å²) in [5.41, 5.74) is 0. The lowest BCUT2D eigenvalue weighted by atomic mass is 9.94. The first-order chi connectivity index (χ1) is 51.6.